The first-order valence-corrected chi connectivity index (χ1v) is 8.56. The summed E-state index contributed by atoms with van der Waals surface area (Å²) in [5.74, 6) is 0.124. The van der Waals surface area contributed by atoms with Gasteiger partial charge in [-0.05, 0) is 38.5 Å². The Balaban J connectivity index is 2.12. The average molecular weight is 295 g/mol. The molecule has 0 aromatic rings. The SMILES string of the molecule is CCCNC(=O)N1CCCCCNC(=O)[C@@H]2CCCC[C@@H]21. The largest absolute Gasteiger partial charge is 0.356 e. The van der Waals surface area contributed by atoms with Crippen molar-refractivity contribution >= 4 is 11.9 Å². The minimum atomic E-state index is -0.0239. The first-order chi connectivity index (χ1) is 10.2. The Hall–Kier alpha value is -1.26. The van der Waals surface area contributed by atoms with E-state index in [0.717, 1.165) is 64.5 Å². The molecule has 1 heterocycles. The van der Waals surface area contributed by atoms with E-state index in [1.165, 1.54) is 0 Å². The summed E-state index contributed by atoms with van der Waals surface area (Å²) in [4.78, 5) is 26.8. The van der Waals surface area contributed by atoms with E-state index >= 15 is 0 Å². The number of nitrogens with one attached hydrogen (secondary N) is 2. The third-order valence-corrected chi connectivity index (χ3v) is 4.63. The van der Waals surface area contributed by atoms with E-state index in [9.17, 15) is 9.59 Å². The highest BCUT2D eigenvalue weighted by molar-refractivity contribution is 5.81. The smallest absolute Gasteiger partial charge is 0.317 e. The molecule has 5 nitrogen and oxygen atoms in total. The summed E-state index contributed by atoms with van der Waals surface area (Å²) < 4.78 is 0. The average Bonchev–Trinajstić information content (AvgIpc) is 2.51. The standard InChI is InChI=1S/C16H29N3O2/c1-2-10-18-16(21)19-12-7-3-6-11-17-15(20)13-8-4-5-9-14(13)19/h13-14H,2-12H2,1H3,(H,17,20)(H,18,21)/t13-,14+/m1/s1. The van der Waals surface area contributed by atoms with Crippen molar-refractivity contribution in [2.45, 2.75) is 64.3 Å². The van der Waals surface area contributed by atoms with Crippen LogP contribution < -0.4 is 10.6 Å². The van der Waals surface area contributed by atoms with E-state index in [2.05, 4.69) is 17.6 Å². The Morgan fingerprint density at radius 2 is 2.05 bits per heavy atom. The van der Waals surface area contributed by atoms with Gasteiger partial charge in [0.05, 0.1) is 5.92 Å². The molecule has 2 rings (SSSR count). The van der Waals surface area contributed by atoms with Crippen molar-refractivity contribution in [1.82, 2.24) is 15.5 Å². The van der Waals surface area contributed by atoms with Crippen molar-refractivity contribution < 1.29 is 9.59 Å². The molecule has 2 fully saturated rings. The van der Waals surface area contributed by atoms with Gasteiger partial charge < -0.3 is 15.5 Å². The Morgan fingerprint density at radius 3 is 2.86 bits per heavy atom. The Bertz CT molecular complexity index is 359. The molecule has 3 amide bonds. The van der Waals surface area contributed by atoms with Gasteiger partial charge in [0.1, 0.15) is 0 Å². The van der Waals surface area contributed by atoms with Crippen LogP contribution in [0.15, 0.2) is 0 Å². The molecule has 0 aromatic heterocycles. The molecule has 2 N–H and O–H groups in total. The summed E-state index contributed by atoms with van der Waals surface area (Å²) in [5.41, 5.74) is 0. The molecule has 0 aromatic carbocycles. The van der Waals surface area contributed by atoms with Gasteiger partial charge in [0.15, 0.2) is 0 Å². The molecule has 1 aliphatic carbocycles. The van der Waals surface area contributed by atoms with Crippen LogP contribution >= 0.6 is 0 Å². The Morgan fingerprint density at radius 1 is 1.24 bits per heavy atom. The van der Waals surface area contributed by atoms with Gasteiger partial charge in [0, 0.05) is 25.7 Å². The number of nitrogens with zero attached hydrogens (tertiary/aromatic N) is 1. The molecule has 1 saturated heterocycles. The minimum absolute atomic E-state index is 0.0159. The number of rotatable bonds is 2. The molecular formula is C16H29N3O2. The Kier molecular flexibility index (Phi) is 6.33. The quantitative estimate of drug-likeness (QED) is 0.821. The molecule has 1 saturated carbocycles. The molecule has 0 unspecified atom stereocenters. The highest BCUT2D eigenvalue weighted by Gasteiger charge is 2.36. The first-order valence-electron chi connectivity index (χ1n) is 8.56. The maximum Gasteiger partial charge on any atom is 0.317 e. The lowest BCUT2D eigenvalue weighted by Gasteiger charge is -2.40. The van der Waals surface area contributed by atoms with Crippen LogP contribution in [0.3, 0.4) is 0 Å². The van der Waals surface area contributed by atoms with Crippen LogP contribution in [-0.2, 0) is 4.79 Å². The molecule has 0 bridgehead atoms. The van der Waals surface area contributed by atoms with Crippen molar-refractivity contribution in [3.05, 3.63) is 0 Å². The lowest BCUT2D eigenvalue weighted by molar-refractivity contribution is -0.128. The first kappa shape index (κ1) is 16.1. The van der Waals surface area contributed by atoms with Gasteiger partial charge in [0.2, 0.25) is 5.91 Å². The number of hydrogen-bond donors (Lipinski definition) is 2. The topological polar surface area (TPSA) is 61.4 Å². The fraction of sp³-hybridized carbons (Fsp3) is 0.875. The maximum atomic E-state index is 12.5. The summed E-state index contributed by atoms with van der Waals surface area (Å²) >= 11 is 0. The second-order valence-electron chi connectivity index (χ2n) is 6.24. The molecule has 0 radical (unpaired) electrons. The summed E-state index contributed by atoms with van der Waals surface area (Å²) in [6.45, 7) is 4.33. The number of urea groups is 1. The number of amides is 3. The van der Waals surface area contributed by atoms with Crippen LogP contribution in [-0.4, -0.2) is 42.5 Å². The highest BCUT2D eigenvalue weighted by atomic mass is 16.2. The zero-order chi connectivity index (χ0) is 15.1. The lowest BCUT2D eigenvalue weighted by Crippen LogP contribution is -2.54. The van der Waals surface area contributed by atoms with Crippen molar-refractivity contribution in [2.75, 3.05) is 19.6 Å². The summed E-state index contributed by atoms with van der Waals surface area (Å²) in [6, 6.07) is 0.0934. The van der Waals surface area contributed by atoms with E-state index in [0.29, 0.717) is 6.54 Å². The molecular weight excluding hydrogens is 266 g/mol. The van der Waals surface area contributed by atoms with E-state index in [1.54, 1.807) is 0 Å². The second kappa shape index (κ2) is 8.25. The van der Waals surface area contributed by atoms with Gasteiger partial charge >= 0.3 is 6.03 Å². The number of carbonyl (C=O) groups is 2. The summed E-state index contributed by atoms with van der Waals surface area (Å²) in [5, 5.41) is 6.05. The minimum Gasteiger partial charge on any atom is -0.356 e. The third-order valence-electron chi connectivity index (χ3n) is 4.63. The molecule has 0 spiro atoms. The number of hydrogen-bond acceptors (Lipinski definition) is 2. The van der Waals surface area contributed by atoms with Gasteiger partial charge in [-0.3, -0.25) is 4.79 Å². The van der Waals surface area contributed by atoms with Crippen LogP contribution in [0.4, 0.5) is 4.79 Å². The molecule has 2 aliphatic rings. The van der Waals surface area contributed by atoms with E-state index in [1.807, 2.05) is 4.90 Å². The van der Waals surface area contributed by atoms with Crippen molar-refractivity contribution in [3.8, 4) is 0 Å². The molecule has 2 atom stereocenters. The van der Waals surface area contributed by atoms with Crippen LogP contribution in [0, 0.1) is 5.92 Å². The summed E-state index contributed by atoms with van der Waals surface area (Å²) in [7, 11) is 0. The van der Waals surface area contributed by atoms with E-state index in [-0.39, 0.29) is 23.9 Å². The number of fused-ring (bicyclic) bond motifs is 1. The third kappa shape index (κ3) is 4.35. The van der Waals surface area contributed by atoms with Gasteiger partial charge in [-0.15, -0.1) is 0 Å². The zero-order valence-corrected chi connectivity index (χ0v) is 13.2. The van der Waals surface area contributed by atoms with Crippen molar-refractivity contribution in [1.29, 1.82) is 0 Å². The molecule has 5 heteroatoms. The molecule has 21 heavy (non-hydrogen) atoms. The van der Waals surface area contributed by atoms with Gasteiger partial charge in [-0.25, -0.2) is 4.79 Å². The predicted molar refractivity (Wildman–Crippen MR) is 83.0 cm³/mol. The van der Waals surface area contributed by atoms with Crippen molar-refractivity contribution in [2.24, 2.45) is 5.92 Å². The van der Waals surface area contributed by atoms with Crippen LogP contribution in [0.1, 0.15) is 58.3 Å². The maximum absolute atomic E-state index is 12.5. The van der Waals surface area contributed by atoms with E-state index in [4.69, 9.17) is 0 Å². The fourth-order valence-electron chi connectivity index (χ4n) is 3.47. The summed E-state index contributed by atoms with van der Waals surface area (Å²) in [6.07, 6.45) is 8.12. The Labute approximate surface area is 127 Å². The highest BCUT2D eigenvalue weighted by Crippen LogP contribution is 2.29. The van der Waals surface area contributed by atoms with E-state index < -0.39 is 0 Å². The van der Waals surface area contributed by atoms with Gasteiger partial charge in [-0.1, -0.05) is 19.8 Å². The lowest BCUT2D eigenvalue weighted by atomic mass is 9.82. The van der Waals surface area contributed by atoms with Gasteiger partial charge in [0.25, 0.3) is 0 Å². The van der Waals surface area contributed by atoms with Crippen LogP contribution in [0.25, 0.3) is 0 Å². The van der Waals surface area contributed by atoms with Crippen LogP contribution in [0.2, 0.25) is 0 Å². The fourth-order valence-corrected chi connectivity index (χ4v) is 3.47. The number of carbonyl (C=O) groups excluding carboxylic acids is 2. The normalized spacial score (nSPS) is 27.5. The second-order valence-corrected chi connectivity index (χ2v) is 6.24. The monoisotopic (exact) mass is 295 g/mol. The van der Waals surface area contributed by atoms with Crippen molar-refractivity contribution in [3.63, 3.8) is 0 Å². The zero-order valence-electron chi connectivity index (χ0n) is 13.2. The predicted octanol–water partition coefficient (Wildman–Crippen LogP) is 2.27. The molecule has 1 aliphatic heterocycles. The van der Waals surface area contributed by atoms with Crippen LogP contribution in [0.5, 0.6) is 0 Å². The van der Waals surface area contributed by atoms with Gasteiger partial charge in [-0.2, -0.15) is 0 Å². The molecule has 120 valence electrons.